The fraction of sp³-hybridized carbons (Fsp3) is 0.308. The standard InChI is InChI=1S/C26H26ClF2N7O3/c1-5-39-33-14-26(3,4)13-32-24(37)17-10-16(12-30)9-15(2)21(17)34-25(38)20-11-19(22(28)29)35-36(20)23-18(27)7-6-8-31-23/h6-11,14,22H,5,13H2,1-4H3,(H,32,37)(H,34,38)/b33-14+. The summed E-state index contributed by atoms with van der Waals surface area (Å²) < 4.78 is 27.9. The normalized spacial score (nSPS) is 11.5. The number of hydrogen-bond donors (Lipinski definition) is 2. The SMILES string of the molecule is CCO/N=C/C(C)(C)CNC(=O)c1cc(C#N)cc(C)c1NC(=O)c1cc(C(F)F)nn1-c1ncccc1Cl. The monoisotopic (exact) mass is 557 g/mol. The minimum absolute atomic E-state index is 0.00784. The first-order valence-corrected chi connectivity index (χ1v) is 12.1. The molecular formula is C26H26ClF2N7O3. The average molecular weight is 558 g/mol. The van der Waals surface area contributed by atoms with Crippen LogP contribution in [0.1, 0.15) is 64.9 Å². The summed E-state index contributed by atoms with van der Waals surface area (Å²) in [5.41, 5.74) is -0.819. The van der Waals surface area contributed by atoms with E-state index in [2.05, 4.69) is 25.9 Å². The quantitative estimate of drug-likeness (QED) is 0.264. The third kappa shape index (κ3) is 7.14. The Kier molecular flexibility index (Phi) is 9.32. The van der Waals surface area contributed by atoms with E-state index in [-0.39, 0.29) is 39.9 Å². The predicted octanol–water partition coefficient (Wildman–Crippen LogP) is 5.07. The second kappa shape index (κ2) is 12.4. The molecule has 0 aliphatic carbocycles. The number of hydrogen-bond acceptors (Lipinski definition) is 7. The number of carbonyl (C=O) groups excluding carboxylic acids is 2. The molecule has 0 saturated carbocycles. The molecule has 0 spiro atoms. The van der Waals surface area contributed by atoms with E-state index in [1.54, 1.807) is 20.1 Å². The maximum atomic E-state index is 13.5. The molecule has 2 heterocycles. The minimum Gasteiger partial charge on any atom is -0.396 e. The van der Waals surface area contributed by atoms with Gasteiger partial charge >= 0.3 is 0 Å². The van der Waals surface area contributed by atoms with Crippen LogP contribution < -0.4 is 10.6 Å². The van der Waals surface area contributed by atoms with Gasteiger partial charge in [0.25, 0.3) is 18.2 Å². The molecule has 3 aromatic rings. The van der Waals surface area contributed by atoms with Crippen LogP contribution in [-0.2, 0) is 4.84 Å². The maximum Gasteiger partial charge on any atom is 0.282 e. The highest BCUT2D eigenvalue weighted by molar-refractivity contribution is 6.32. The van der Waals surface area contributed by atoms with Gasteiger partial charge in [-0.3, -0.25) is 9.59 Å². The second-order valence-electron chi connectivity index (χ2n) is 9.08. The summed E-state index contributed by atoms with van der Waals surface area (Å²) in [6.45, 7) is 7.61. The molecule has 2 aromatic heterocycles. The van der Waals surface area contributed by atoms with Gasteiger partial charge in [0.1, 0.15) is 18.0 Å². The van der Waals surface area contributed by atoms with Gasteiger partial charge in [0.05, 0.1) is 34.1 Å². The molecule has 0 atom stereocenters. The van der Waals surface area contributed by atoms with Gasteiger partial charge in [0.15, 0.2) is 5.82 Å². The molecule has 1 aromatic carbocycles. The molecule has 0 aliphatic rings. The molecule has 204 valence electrons. The average Bonchev–Trinajstić information content (AvgIpc) is 3.34. The van der Waals surface area contributed by atoms with Crippen LogP contribution in [0.25, 0.3) is 5.82 Å². The molecule has 0 unspecified atom stereocenters. The van der Waals surface area contributed by atoms with Crippen molar-refractivity contribution in [3.05, 3.63) is 69.6 Å². The van der Waals surface area contributed by atoms with Crippen molar-refractivity contribution in [2.75, 3.05) is 18.5 Å². The summed E-state index contributed by atoms with van der Waals surface area (Å²) >= 11 is 6.18. The summed E-state index contributed by atoms with van der Waals surface area (Å²) in [4.78, 5) is 35.6. The predicted molar refractivity (Wildman–Crippen MR) is 141 cm³/mol. The Morgan fingerprint density at radius 3 is 2.69 bits per heavy atom. The molecule has 0 bridgehead atoms. The van der Waals surface area contributed by atoms with Gasteiger partial charge in [-0.25, -0.2) is 18.4 Å². The number of carbonyl (C=O) groups is 2. The molecule has 13 heteroatoms. The zero-order chi connectivity index (χ0) is 28.7. The smallest absolute Gasteiger partial charge is 0.282 e. The number of nitrogens with one attached hydrogen (secondary N) is 2. The zero-order valence-corrected chi connectivity index (χ0v) is 22.4. The first kappa shape index (κ1) is 29.2. The van der Waals surface area contributed by atoms with Crippen LogP contribution in [0.3, 0.4) is 0 Å². The number of halogens is 3. The van der Waals surface area contributed by atoms with Gasteiger partial charge in [0, 0.05) is 18.2 Å². The third-order valence-electron chi connectivity index (χ3n) is 5.38. The van der Waals surface area contributed by atoms with Crippen molar-refractivity contribution < 1.29 is 23.2 Å². The van der Waals surface area contributed by atoms with Gasteiger partial charge < -0.3 is 15.5 Å². The van der Waals surface area contributed by atoms with Crippen LogP contribution in [0.2, 0.25) is 5.02 Å². The summed E-state index contributed by atoms with van der Waals surface area (Å²) in [6.07, 6.45) is -0.0330. The third-order valence-corrected chi connectivity index (χ3v) is 5.68. The number of benzene rings is 1. The second-order valence-corrected chi connectivity index (χ2v) is 9.49. The van der Waals surface area contributed by atoms with Gasteiger partial charge in [0.2, 0.25) is 0 Å². The van der Waals surface area contributed by atoms with Crippen LogP contribution in [0.4, 0.5) is 14.5 Å². The van der Waals surface area contributed by atoms with Gasteiger partial charge in [-0.05, 0) is 49.7 Å². The Morgan fingerprint density at radius 2 is 2.05 bits per heavy atom. The lowest BCUT2D eigenvalue weighted by Gasteiger charge is -2.21. The first-order chi connectivity index (χ1) is 18.5. The summed E-state index contributed by atoms with van der Waals surface area (Å²) in [5.74, 6) is -1.44. The van der Waals surface area contributed by atoms with Crippen molar-refractivity contribution >= 4 is 35.3 Å². The lowest BCUT2D eigenvalue weighted by Crippen LogP contribution is -2.35. The summed E-state index contributed by atoms with van der Waals surface area (Å²) in [6, 6.07) is 8.74. The molecule has 0 saturated heterocycles. The number of alkyl halides is 2. The number of nitrogens with zero attached hydrogens (tertiary/aromatic N) is 5. The minimum atomic E-state index is -2.96. The van der Waals surface area contributed by atoms with Crippen molar-refractivity contribution in [2.24, 2.45) is 10.6 Å². The largest absolute Gasteiger partial charge is 0.396 e. The molecule has 0 radical (unpaired) electrons. The number of nitriles is 1. The fourth-order valence-electron chi connectivity index (χ4n) is 3.44. The molecule has 3 rings (SSSR count). The highest BCUT2D eigenvalue weighted by Crippen LogP contribution is 2.27. The van der Waals surface area contributed by atoms with E-state index in [0.29, 0.717) is 12.2 Å². The van der Waals surface area contributed by atoms with Crippen LogP contribution >= 0.6 is 11.6 Å². The number of amides is 2. The topological polar surface area (TPSA) is 134 Å². The Bertz CT molecular complexity index is 1450. The van der Waals surface area contributed by atoms with E-state index < -0.39 is 29.3 Å². The van der Waals surface area contributed by atoms with Crippen LogP contribution in [0.5, 0.6) is 0 Å². The van der Waals surface area contributed by atoms with Gasteiger partial charge in [-0.2, -0.15) is 10.4 Å². The van der Waals surface area contributed by atoms with E-state index in [9.17, 15) is 23.6 Å². The number of oxime groups is 1. The Balaban J connectivity index is 1.98. The molecule has 0 aliphatic heterocycles. The van der Waals surface area contributed by atoms with Crippen LogP contribution in [0.15, 0.2) is 41.7 Å². The Labute approximate surface area is 228 Å². The Morgan fingerprint density at radius 1 is 1.31 bits per heavy atom. The molecule has 39 heavy (non-hydrogen) atoms. The molecule has 2 amide bonds. The maximum absolute atomic E-state index is 13.5. The van der Waals surface area contributed by atoms with Gasteiger partial charge in [-0.1, -0.05) is 30.6 Å². The molecular weight excluding hydrogens is 532 g/mol. The van der Waals surface area contributed by atoms with Crippen molar-refractivity contribution in [3.63, 3.8) is 0 Å². The molecule has 0 fully saturated rings. The van der Waals surface area contributed by atoms with Crippen molar-refractivity contribution in [3.8, 4) is 11.9 Å². The van der Waals surface area contributed by atoms with Gasteiger partial charge in [-0.15, -0.1) is 0 Å². The number of aromatic nitrogens is 3. The Hall–Kier alpha value is -4.37. The zero-order valence-electron chi connectivity index (χ0n) is 21.6. The first-order valence-electron chi connectivity index (χ1n) is 11.8. The van der Waals surface area contributed by atoms with E-state index >= 15 is 0 Å². The van der Waals surface area contributed by atoms with Crippen molar-refractivity contribution in [1.82, 2.24) is 20.1 Å². The number of anilines is 1. The van der Waals surface area contributed by atoms with Crippen molar-refractivity contribution in [1.29, 1.82) is 5.26 Å². The lowest BCUT2D eigenvalue weighted by molar-refractivity contribution is 0.0945. The number of pyridine rings is 1. The fourth-order valence-corrected chi connectivity index (χ4v) is 3.64. The molecule has 10 nitrogen and oxygen atoms in total. The van der Waals surface area contributed by atoms with E-state index in [4.69, 9.17) is 16.4 Å². The van der Waals surface area contributed by atoms with E-state index in [1.807, 2.05) is 19.9 Å². The van der Waals surface area contributed by atoms with Crippen LogP contribution in [-0.4, -0.2) is 45.9 Å². The number of aryl methyl sites for hydroxylation is 1. The van der Waals surface area contributed by atoms with Crippen LogP contribution in [0, 0.1) is 23.7 Å². The highest BCUT2D eigenvalue weighted by atomic mass is 35.5. The molecule has 2 N–H and O–H groups in total. The van der Waals surface area contributed by atoms with E-state index in [1.165, 1.54) is 30.5 Å². The van der Waals surface area contributed by atoms with E-state index in [0.717, 1.165) is 10.7 Å². The summed E-state index contributed by atoms with van der Waals surface area (Å²) in [5, 5.41) is 22.6. The summed E-state index contributed by atoms with van der Waals surface area (Å²) in [7, 11) is 0. The number of rotatable bonds is 10. The highest BCUT2D eigenvalue weighted by Gasteiger charge is 2.26. The van der Waals surface area contributed by atoms with Crippen molar-refractivity contribution in [2.45, 2.75) is 34.1 Å². The lowest BCUT2D eigenvalue weighted by atomic mass is 9.95.